The van der Waals surface area contributed by atoms with Crippen LogP contribution in [-0.4, -0.2) is 34.7 Å². The molecule has 0 N–H and O–H groups in total. The number of hydrogen-bond donors (Lipinski definition) is 0. The van der Waals surface area contributed by atoms with Gasteiger partial charge >= 0.3 is 6.09 Å². The molecular formula is C17H26N2O2. The van der Waals surface area contributed by atoms with E-state index in [4.69, 9.17) is 4.74 Å². The normalized spacial score (nSPS) is 18.9. The van der Waals surface area contributed by atoms with Gasteiger partial charge in [-0.1, -0.05) is 0 Å². The van der Waals surface area contributed by atoms with Crippen LogP contribution in [0.3, 0.4) is 0 Å². The lowest BCUT2D eigenvalue weighted by molar-refractivity contribution is 0.0288. The summed E-state index contributed by atoms with van der Waals surface area (Å²) < 4.78 is 5.44. The fraction of sp³-hybridized carbons (Fsp3) is 0.647. The van der Waals surface area contributed by atoms with Gasteiger partial charge in [0.15, 0.2) is 0 Å². The fourth-order valence-electron chi connectivity index (χ4n) is 2.86. The Balaban J connectivity index is 1.92. The molecule has 0 saturated carbocycles. The van der Waals surface area contributed by atoms with E-state index in [1.807, 2.05) is 39.5 Å². The zero-order valence-electron chi connectivity index (χ0n) is 13.8. The first-order chi connectivity index (χ1) is 9.73. The van der Waals surface area contributed by atoms with Gasteiger partial charge in [-0.25, -0.2) is 4.79 Å². The van der Waals surface area contributed by atoms with Crippen molar-refractivity contribution in [1.82, 2.24) is 9.88 Å². The Bertz CT molecular complexity index is 500. The van der Waals surface area contributed by atoms with Gasteiger partial charge in [0, 0.05) is 24.5 Å². The Kier molecular flexibility index (Phi) is 4.55. The molecule has 1 aliphatic heterocycles. The highest BCUT2D eigenvalue weighted by atomic mass is 16.6. The van der Waals surface area contributed by atoms with E-state index in [9.17, 15) is 4.79 Å². The average molecular weight is 290 g/mol. The van der Waals surface area contributed by atoms with Crippen LogP contribution in [0.1, 0.15) is 44.1 Å². The molecule has 0 radical (unpaired) electrons. The molecule has 2 heterocycles. The Labute approximate surface area is 127 Å². The number of pyridine rings is 1. The zero-order valence-corrected chi connectivity index (χ0v) is 13.8. The molecular weight excluding hydrogens is 264 g/mol. The lowest BCUT2D eigenvalue weighted by Gasteiger charge is -2.24. The largest absolute Gasteiger partial charge is 0.444 e. The summed E-state index contributed by atoms with van der Waals surface area (Å²) in [4.78, 5) is 18.3. The number of aryl methyl sites for hydroxylation is 2. The minimum absolute atomic E-state index is 0.188. The lowest BCUT2D eigenvalue weighted by atomic mass is 9.98. The Hall–Kier alpha value is -1.58. The molecule has 0 aromatic carbocycles. The van der Waals surface area contributed by atoms with E-state index in [1.54, 1.807) is 0 Å². The van der Waals surface area contributed by atoms with Gasteiger partial charge in [0.05, 0.1) is 0 Å². The highest BCUT2D eigenvalue weighted by Crippen LogP contribution is 2.23. The molecule has 1 aromatic heterocycles. The van der Waals surface area contributed by atoms with E-state index in [2.05, 4.69) is 17.1 Å². The van der Waals surface area contributed by atoms with Crippen LogP contribution >= 0.6 is 0 Å². The number of likely N-dealkylation sites (tertiary alicyclic amines) is 1. The van der Waals surface area contributed by atoms with Gasteiger partial charge in [-0.2, -0.15) is 0 Å². The first-order valence-corrected chi connectivity index (χ1v) is 7.65. The van der Waals surface area contributed by atoms with Crippen molar-refractivity contribution in [3.8, 4) is 0 Å². The monoisotopic (exact) mass is 290 g/mol. The summed E-state index contributed by atoms with van der Waals surface area (Å²) in [6.45, 7) is 11.3. The van der Waals surface area contributed by atoms with Crippen LogP contribution in [0.25, 0.3) is 0 Å². The topological polar surface area (TPSA) is 42.4 Å². The molecule has 4 heteroatoms. The van der Waals surface area contributed by atoms with Crippen LogP contribution in [0.15, 0.2) is 12.1 Å². The summed E-state index contributed by atoms with van der Waals surface area (Å²) in [5, 5.41) is 0. The Morgan fingerprint density at radius 2 is 1.95 bits per heavy atom. The van der Waals surface area contributed by atoms with E-state index < -0.39 is 5.60 Å². The Morgan fingerprint density at radius 1 is 1.33 bits per heavy atom. The molecule has 1 aromatic rings. The second-order valence-electron chi connectivity index (χ2n) is 7.04. The molecule has 1 atom stereocenters. The van der Waals surface area contributed by atoms with Crippen LogP contribution in [0, 0.1) is 19.8 Å². The minimum Gasteiger partial charge on any atom is -0.444 e. The third-order valence-corrected chi connectivity index (χ3v) is 3.60. The van der Waals surface area contributed by atoms with Crippen LogP contribution in [-0.2, 0) is 11.2 Å². The number of rotatable bonds is 2. The number of amides is 1. The van der Waals surface area contributed by atoms with Crippen LogP contribution in [0.5, 0.6) is 0 Å². The van der Waals surface area contributed by atoms with Crippen molar-refractivity contribution in [2.45, 2.75) is 53.1 Å². The molecule has 4 nitrogen and oxygen atoms in total. The van der Waals surface area contributed by atoms with Gasteiger partial charge in [-0.05, 0) is 71.1 Å². The SMILES string of the molecule is Cc1cc(C[C@H]2CCN(C(=O)OC(C)(C)C)C2)cc(C)n1. The predicted octanol–water partition coefficient (Wildman–Crippen LogP) is 3.50. The second kappa shape index (κ2) is 6.04. The molecule has 1 aliphatic rings. The number of aromatic nitrogens is 1. The molecule has 21 heavy (non-hydrogen) atoms. The van der Waals surface area contributed by atoms with Crippen molar-refractivity contribution in [3.05, 3.63) is 29.1 Å². The Morgan fingerprint density at radius 3 is 2.52 bits per heavy atom. The highest BCUT2D eigenvalue weighted by molar-refractivity contribution is 5.68. The van der Waals surface area contributed by atoms with Crippen LogP contribution < -0.4 is 0 Å². The smallest absolute Gasteiger partial charge is 0.410 e. The highest BCUT2D eigenvalue weighted by Gasteiger charge is 2.29. The van der Waals surface area contributed by atoms with Crippen molar-refractivity contribution in [2.24, 2.45) is 5.92 Å². The first kappa shape index (κ1) is 15.8. The maximum absolute atomic E-state index is 12.1. The summed E-state index contributed by atoms with van der Waals surface area (Å²) in [7, 11) is 0. The van der Waals surface area contributed by atoms with E-state index in [0.717, 1.165) is 37.3 Å². The van der Waals surface area contributed by atoms with Crippen LogP contribution in [0.4, 0.5) is 4.79 Å². The molecule has 1 saturated heterocycles. The van der Waals surface area contributed by atoms with Gasteiger partial charge in [0.2, 0.25) is 0 Å². The van der Waals surface area contributed by atoms with Crippen molar-refractivity contribution in [3.63, 3.8) is 0 Å². The summed E-state index contributed by atoms with van der Waals surface area (Å²) >= 11 is 0. The minimum atomic E-state index is -0.422. The quantitative estimate of drug-likeness (QED) is 0.837. The van der Waals surface area contributed by atoms with E-state index in [-0.39, 0.29) is 6.09 Å². The zero-order chi connectivity index (χ0) is 15.6. The van der Waals surface area contributed by atoms with Gasteiger partial charge in [-0.3, -0.25) is 4.98 Å². The van der Waals surface area contributed by atoms with Gasteiger partial charge in [0.1, 0.15) is 5.60 Å². The molecule has 0 unspecified atom stereocenters. The van der Waals surface area contributed by atoms with Crippen molar-refractivity contribution in [2.75, 3.05) is 13.1 Å². The molecule has 1 fully saturated rings. The average Bonchev–Trinajstić information content (AvgIpc) is 2.73. The number of carbonyl (C=O) groups excluding carboxylic acids is 1. The van der Waals surface area contributed by atoms with E-state index in [1.165, 1.54) is 5.56 Å². The van der Waals surface area contributed by atoms with Gasteiger partial charge < -0.3 is 9.64 Å². The third-order valence-electron chi connectivity index (χ3n) is 3.60. The third kappa shape index (κ3) is 4.73. The van der Waals surface area contributed by atoms with Crippen LogP contribution in [0.2, 0.25) is 0 Å². The maximum atomic E-state index is 12.1. The molecule has 0 bridgehead atoms. The van der Waals surface area contributed by atoms with E-state index in [0.29, 0.717) is 5.92 Å². The first-order valence-electron chi connectivity index (χ1n) is 7.65. The van der Waals surface area contributed by atoms with Gasteiger partial charge in [-0.15, -0.1) is 0 Å². The lowest BCUT2D eigenvalue weighted by Crippen LogP contribution is -2.35. The molecule has 1 amide bonds. The second-order valence-corrected chi connectivity index (χ2v) is 7.04. The number of hydrogen-bond acceptors (Lipinski definition) is 3. The molecule has 116 valence electrons. The molecule has 0 aliphatic carbocycles. The van der Waals surface area contributed by atoms with Crippen molar-refractivity contribution in [1.29, 1.82) is 0 Å². The number of ether oxygens (including phenoxy) is 1. The summed E-state index contributed by atoms with van der Waals surface area (Å²) in [6, 6.07) is 4.28. The van der Waals surface area contributed by atoms with E-state index >= 15 is 0 Å². The standard InChI is InChI=1S/C17H26N2O2/c1-12-8-15(9-13(2)18-12)10-14-6-7-19(11-14)16(20)21-17(3,4)5/h8-9,14H,6-7,10-11H2,1-5H3/t14-/m1/s1. The molecule has 2 rings (SSSR count). The van der Waals surface area contributed by atoms with Crippen molar-refractivity contribution < 1.29 is 9.53 Å². The van der Waals surface area contributed by atoms with Gasteiger partial charge in [0.25, 0.3) is 0 Å². The number of nitrogens with zero attached hydrogens (tertiary/aromatic N) is 2. The fourth-order valence-corrected chi connectivity index (χ4v) is 2.86. The summed E-state index contributed by atoms with van der Waals surface area (Å²) in [5.74, 6) is 0.513. The predicted molar refractivity (Wildman–Crippen MR) is 83.3 cm³/mol. The summed E-state index contributed by atoms with van der Waals surface area (Å²) in [6.07, 6.45) is 1.86. The number of carbonyl (C=O) groups is 1. The van der Waals surface area contributed by atoms with Crippen molar-refractivity contribution >= 4 is 6.09 Å². The maximum Gasteiger partial charge on any atom is 0.410 e. The summed E-state index contributed by atoms with van der Waals surface area (Å²) in [5.41, 5.74) is 3.02. The molecule has 0 spiro atoms.